The van der Waals surface area contributed by atoms with Gasteiger partial charge in [0.05, 0.1) is 5.92 Å². The first-order valence-electron chi connectivity index (χ1n) is 8.75. The van der Waals surface area contributed by atoms with E-state index in [1.165, 1.54) is 5.56 Å². The van der Waals surface area contributed by atoms with Gasteiger partial charge in [0.15, 0.2) is 0 Å². The number of benzene rings is 2. The number of rotatable bonds is 4. The van der Waals surface area contributed by atoms with Crippen molar-refractivity contribution in [2.24, 2.45) is 5.92 Å². The van der Waals surface area contributed by atoms with Crippen LogP contribution in [0, 0.1) is 19.8 Å². The number of nitrogens with one attached hydrogen (secondary N) is 1. The Kier molecular flexibility index (Phi) is 4.88. The Bertz CT molecular complexity index is 813. The van der Waals surface area contributed by atoms with Crippen LogP contribution in [0.1, 0.15) is 30.0 Å². The van der Waals surface area contributed by atoms with E-state index in [0.29, 0.717) is 6.54 Å². The molecule has 2 aromatic carbocycles. The van der Waals surface area contributed by atoms with E-state index < -0.39 is 0 Å². The zero-order valence-corrected chi connectivity index (χ0v) is 15.0. The summed E-state index contributed by atoms with van der Waals surface area (Å²) in [6, 6.07) is 14.0. The number of carbonyl (C=O) groups is 2. The normalized spacial score (nSPS) is 17.0. The molecule has 4 nitrogen and oxygen atoms in total. The van der Waals surface area contributed by atoms with Gasteiger partial charge in [0.2, 0.25) is 11.8 Å². The Morgan fingerprint density at radius 1 is 1.20 bits per heavy atom. The van der Waals surface area contributed by atoms with Crippen LogP contribution in [0.3, 0.4) is 0 Å². The molecular formula is C21H24N2O2. The summed E-state index contributed by atoms with van der Waals surface area (Å²) in [4.78, 5) is 26.8. The lowest BCUT2D eigenvalue weighted by molar-refractivity contribution is -0.122. The molecular weight excluding hydrogens is 312 g/mol. The number of nitrogens with zero attached hydrogens (tertiary/aromatic N) is 1. The van der Waals surface area contributed by atoms with Gasteiger partial charge in [-0.25, -0.2) is 0 Å². The fourth-order valence-electron chi connectivity index (χ4n) is 3.18. The van der Waals surface area contributed by atoms with E-state index in [9.17, 15) is 9.59 Å². The molecule has 1 saturated heterocycles. The van der Waals surface area contributed by atoms with E-state index in [2.05, 4.69) is 18.3 Å². The van der Waals surface area contributed by atoms with Crippen LogP contribution in [0.15, 0.2) is 42.5 Å². The van der Waals surface area contributed by atoms with E-state index in [-0.39, 0.29) is 24.2 Å². The van der Waals surface area contributed by atoms with Crippen LogP contribution >= 0.6 is 0 Å². The molecule has 1 aliphatic heterocycles. The highest BCUT2D eigenvalue weighted by molar-refractivity contribution is 6.03. The molecule has 0 radical (unpaired) electrons. The Morgan fingerprint density at radius 3 is 2.76 bits per heavy atom. The van der Waals surface area contributed by atoms with Gasteiger partial charge in [-0.15, -0.1) is 0 Å². The van der Waals surface area contributed by atoms with Crippen molar-refractivity contribution in [2.45, 2.75) is 33.6 Å². The first-order valence-corrected chi connectivity index (χ1v) is 8.75. The highest BCUT2D eigenvalue weighted by Crippen LogP contribution is 2.27. The molecule has 2 amide bonds. The predicted octanol–water partition coefficient (Wildman–Crippen LogP) is 3.86. The molecule has 130 valence electrons. The molecule has 0 aliphatic carbocycles. The van der Waals surface area contributed by atoms with Gasteiger partial charge in [0.25, 0.3) is 0 Å². The second-order valence-corrected chi connectivity index (χ2v) is 6.74. The summed E-state index contributed by atoms with van der Waals surface area (Å²) in [6.07, 6.45) is 1.18. The first kappa shape index (κ1) is 17.2. The van der Waals surface area contributed by atoms with Crippen LogP contribution in [-0.4, -0.2) is 18.4 Å². The molecule has 25 heavy (non-hydrogen) atoms. The maximum absolute atomic E-state index is 12.6. The van der Waals surface area contributed by atoms with Crippen molar-refractivity contribution in [3.63, 3.8) is 0 Å². The third-order valence-corrected chi connectivity index (χ3v) is 4.78. The smallest absolute Gasteiger partial charge is 0.229 e. The van der Waals surface area contributed by atoms with Crippen LogP contribution < -0.4 is 10.2 Å². The first-order chi connectivity index (χ1) is 12.0. The largest absolute Gasteiger partial charge is 0.326 e. The summed E-state index contributed by atoms with van der Waals surface area (Å²) in [5.41, 5.74) is 5.01. The maximum Gasteiger partial charge on any atom is 0.229 e. The Morgan fingerprint density at radius 2 is 2.00 bits per heavy atom. The fraction of sp³-hybridized carbons (Fsp3) is 0.333. The quantitative estimate of drug-likeness (QED) is 0.922. The standard InChI is InChI=1S/C21H24N2O2/c1-4-16-6-5-7-18(11-16)23-13-17(12-20(23)24)21(25)22-19-10-14(2)8-9-15(19)3/h5-11,17H,4,12-13H2,1-3H3,(H,22,25). The number of hydrogen-bond acceptors (Lipinski definition) is 2. The summed E-state index contributed by atoms with van der Waals surface area (Å²) >= 11 is 0. The minimum absolute atomic E-state index is 0.00867. The van der Waals surface area contributed by atoms with Gasteiger partial charge in [0.1, 0.15) is 0 Å². The molecule has 1 atom stereocenters. The second kappa shape index (κ2) is 7.09. The number of anilines is 2. The van der Waals surface area contributed by atoms with Crippen molar-refractivity contribution in [3.05, 3.63) is 59.2 Å². The fourth-order valence-corrected chi connectivity index (χ4v) is 3.18. The van der Waals surface area contributed by atoms with E-state index in [1.807, 2.05) is 50.2 Å². The van der Waals surface area contributed by atoms with E-state index >= 15 is 0 Å². The summed E-state index contributed by atoms with van der Waals surface area (Å²) in [5, 5.41) is 2.99. The van der Waals surface area contributed by atoms with Crippen molar-refractivity contribution in [2.75, 3.05) is 16.8 Å². The molecule has 2 aromatic rings. The third-order valence-electron chi connectivity index (χ3n) is 4.78. The van der Waals surface area contributed by atoms with Crippen LogP contribution in [0.4, 0.5) is 11.4 Å². The summed E-state index contributed by atoms with van der Waals surface area (Å²) in [5.74, 6) is -0.400. The zero-order chi connectivity index (χ0) is 18.0. The SMILES string of the molecule is CCc1cccc(N2CC(C(=O)Nc3cc(C)ccc3C)CC2=O)c1. The minimum Gasteiger partial charge on any atom is -0.326 e. The van der Waals surface area contributed by atoms with Gasteiger partial charge in [-0.1, -0.05) is 31.2 Å². The monoisotopic (exact) mass is 336 g/mol. The zero-order valence-electron chi connectivity index (χ0n) is 15.0. The highest BCUT2D eigenvalue weighted by Gasteiger charge is 2.35. The van der Waals surface area contributed by atoms with Crippen molar-refractivity contribution in [1.29, 1.82) is 0 Å². The van der Waals surface area contributed by atoms with Crippen molar-refractivity contribution in [1.82, 2.24) is 0 Å². The Balaban J connectivity index is 1.73. The lowest BCUT2D eigenvalue weighted by Crippen LogP contribution is -2.28. The molecule has 1 heterocycles. The van der Waals surface area contributed by atoms with Crippen molar-refractivity contribution < 1.29 is 9.59 Å². The maximum atomic E-state index is 12.6. The second-order valence-electron chi connectivity index (χ2n) is 6.74. The molecule has 1 aliphatic rings. The van der Waals surface area contributed by atoms with Gasteiger partial charge in [0, 0.05) is 24.3 Å². The molecule has 4 heteroatoms. The van der Waals surface area contributed by atoms with E-state index in [1.54, 1.807) is 4.90 Å². The van der Waals surface area contributed by atoms with Gasteiger partial charge in [-0.2, -0.15) is 0 Å². The van der Waals surface area contributed by atoms with Crippen LogP contribution in [0.25, 0.3) is 0 Å². The number of aryl methyl sites for hydroxylation is 3. The third kappa shape index (κ3) is 3.73. The molecule has 0 saturated carbocycles. The predicted molar refractivity (Wildman–Crippen MR) is 101 cm³/mol. The highest BCUT2D eigenvalue weighted by atomic mass is 16.2. The van der Waals surface area contributed by atoms with Gasteiger partial charge in [-0.3, -0.25) is 9.59 Å². The average Bonchev–Trinajstić information content (AvgIpc) is 3.00. The molecule has 0 spiro atoms. The Hall–Kier alpha value is -2.62. The van der Waals surface area contributed by atoms with E-state index in [4.69, 9.17) is 0 Å². The lowest BCUT2D eigenvalue weighted by Gasteiger charge is -2.18. The molecule has 1 fully saturated rings. The average molecular weight is 336 g/mol. The van der Waals surface area contributed by atoms with E-state index in [0.717, 1.165) is 28.9 Å². The number of hydrogen-bond donors (Lipinski definition) is 1. The topological polar surface area (TPSA) is 49.4 Å². The van der Waals surface area contributed by atoms with Crippen molar-refractivity contribution >= 4 is 23.2 Å². The Labute approximate surface area is 148 Å². The van der Waals surface area contributed by atoms with Crippen LogP contribution in [-0.2, 0) is 16.0 Å². The summed E-state index contributed by atoms with van der Waals surface area (Å²) in [7, 11) is 0. The van der Waals surface area contributed by atoms with Gasteiger partial charge >= 0.3 is 0 Å². The molecule has 0 aromatic heterocycles. The van der Waals surface area contributed by atoms with Crippen molar-refractivity contribution in [3.8, 4) is 0 Å². The van der Waals surface area contributed by atoms with Crippen LogP contribution in [0.2, 0.25) is 0 Å². The number of amides is 2. The number of carbonyl (C=O) groups excluding carboxylic acids is 2. The molecule has 3 rings (SSSR count). The summed E-state index contributed by atoms with van der Waals surface area (Å²) < 4.78 is 0. The molecule has 0 bridgehead atoms. The minimum atomic E-state index is -0.322. The lowest BCUT2D eigenvalue weighted by atomic mass is 10.1. The summed E-state index contributed by atoms with van der Waals surface area (Å²) in [6.45, 7) is 6.49. The van der Waals surface area contributed by atoms with Gasteiger partial charge < -0.3 is 10.2 Å². The van der Waals surface area contributed by atoms with Gasteiger partial charge in [-0.05, 0) is 55.2 Å². The van der Waals surface area contributed by atoms with Crippen LogP contribution in [0.5, 0.6) is 0 Å². The molecule has 1 N–H and O–H groups in total. The molecule has 1 unspecified atom stereocenters.